The number of ether oxygens (including phenoxy) is 1. The Kier molecular flexibility index (Phi) is 3.50. The molecular formula is C13H13ClN2OS. The Morgan fingerprint density at radius 3 is 3.11 bits per heavy atom. The van der Waals surface area contributed by atoms with E-state index in [2.05, 4.69) is 22.0 Å². The molecule has 1 aliphatic rings. The van der Waals surface area contributed by atoms with Crippen LogP contribution < -0.4 is 4.74 Å². The smallest absolute Gasteiger partial charge is 0.183 e. The maximum atomic E-state index is 5.86. The summed E-state index contributed by atoms with van der Waals surface area (Å²) in [4.78, 5) is 7.63. The molecule has 0 saturated heterocycles. The predicted molar refractivity (Wildman–Crippen MR) is 73.2 cm³/mol. The third-order valence-electron chi connectivity index (χ3n) is 2.94. The van der Waals surface area contributed by atoms with Crippen LogP contribution >= 0.6 is 22.9 Å². The van der Waals surface area contributed by atoms with Crippen molar-refractivity contribution in [3.63, 3.8) is 0 Å². The molecule has 3 rings (SSSR count). The van der Waals surface area contributed by atoms with Crippen molar-refractivity contribution in [1.29, 1.82) is 0 Å². The van der Waals surface area contributed by atoms with Crippen LogP contribution in [0.25, 0.3) is 0 Å². The Labute approximate surface area is 115 Å². The van der Waals surface area contributed by atoms with Crippen molar-refractivity contribution in [3.05, 3.63) is 45.4 Å². The molecule has 0 aliphatic carbocycles. The summed E-state index contributed by atoms with van der Waals surface area (Å²) in [5.74, 6) is 1.00. The standard InChI is InChI=1S/C13H13ClN2OS/c14-13-15-7-11(18-13)9-16-5-6-17-12-4-2-1-3-10(12)8-16/h1-4,7H,5-6,8-9H2. The van der Waals surface area contributed by atoms with Gasteiger partial charge in [-0.05, 0) is 6.07 Å². The molecule has 1 aromatic carbocycles. The first kappa shape index (κ1) is 12.0. The Morgan fingerprint density at radius 1 is 1.39 bits per heavy atom. The summed E-state index contributed by atoms with van der Waals surface area (Å²) in [5.41, 5.74) is 1.24. The van der Waals surface area contributed by atoms with Crippen molar-refractivity contribution in [2.45, 2.75) is 13.1 Å². The Balaban J connectivity index is 1.75. The molecule has 3 nitrogen and oxygen atoms in total. The van der Waals surface area contributed by atoms with E-state index < -0.39 is 0 Å². The molecule has 2 aromatic rings. The topological polar surface area (TPSA) is 25.4 Å². The molecule has 1 aromatic heterocycles. The number of hydrogen-bond acceptors (Lipinski definition) is 4. The van der Waals surface area contributed by atoms with Gasteiger partial charge < -0.3 is 4.74 Å². The van der Waals surface area contributed by atoms with E-state index >= 15 is 0 Å². The van der Waals surface area contributed by atoms with E-state index in [9.17, 15) is 0 Å². The first-order chi connectivity index (χ1) is 8.81. The highest BCUT2D eigenvalue weighted by Gasteiger charge is 2.15. The molecule has 0 saturated carbocycles. The fourth-order valence-electron chi connectivity index (χ4n) is 2.09. The maximum Gasteiger partial charge on any atom is 0.183 e. The zero-order valence-corrected chi connectivity index (χ0v) is 11.4. The molecule has 94 valence electrons. The Bertz CT molecular complexity index is 543. The first-order valence-electron chi connectivity index (χ1n) is 5.84. The van der Waals surface area contributed by atoms with Gasteiger partial charge in [-0.25, -0.2) is 4.98 Å². The molecule has 0 radical (unpaired) electrons. The minimum atomic E-state index is 0.608. The van der Waals surface area contributed by atoms with Crippen molar-refractivity contribution >= 4 is 22.9 Å². The van der Waals surface area contributed by atoms with Gasteiger partial charge >= 0.3 is 0 Å². The second-order valence-corrected chi connectivity index (χ2v) is 5.94. The number of aromatic nitrogens is 1. The molecular weight excluding hydrogens is 268 g/mol. The SMILES string of the molecule is Clc1ncc(CN2CCOc3ccccc3C2)s1. The van der Waals surface area contributed by atoms with Crippen LogP contribution in [0.3, 0.4) is 0 Å². The van der Waals surface area contributed by atoms with E-state index in [1.54, 1.807) is 11.3 Å². The second kappa shape index (κ2) is 5.26. The fourth-order valence-corrected chi connectivity index (χ4v) is 3.11. The summed E-state index contributed by atoms with van der Waals surface area (Å²) in [6.45, 7) is 3.43. The van der Waals surface area contributed by atoms with Gasteiger partial charge in [-0.1, -0.05) is 29.8 Å². The summed E-state index contributed by atoms with van der Waals surface area (Å²) in [6, 6.07) is 8.21. The lowest BCUT2D eigenvalue weighted by Crippen LogP contribution is -2.24. The van der Waals surface area contributed by atoms with Crippen LogP contribution in [0.15, 0.2) is 30.5 Å². The summed E-state index contributed by atoms with van der Waals surface area (Å²) < 4.78 is 6.35. The summed E-state index contributed by atoms with van der Waals surface area (Å²) in [6.07, 6.45) is 1.85. The highest BCUT2D eigenvalue weighted by Crippen LogP contribution is 2.25. The quantitative estimate of drug-likeness (QED) is 0.845. The van der Waals surface area contributed by atoms with E-state index in [4.69, 9.17) is 16.3 Å². The third-order valence-corrected chi connectivity index (χ3v) is 4.04. The summed E-state index contributed by atoms with van der Waals surface area (Å²) in [7, 11) is 0. The molecule has 0 bridgehead atoms. The highest BCUT2D eigenvalue weighted by molar-refractivity contribution is 7.15. The van der Waals surface area contributed by atoms with Gasteiger partial charge in [-0.2, -0.15) is 0 Å². The van der Waals surface area contributed by atoms with Crippen molar-refractivity contribution in [2.75, 3.05) is 13.2 Å². The zero-order chi connectivity index (χ0) is 12.4. The third kappa shape index (κ3) is 2.66. The van der Waals surface area contributed by atoms with Crippen LogP contribution in [0.2, 0.25) is 4.47 Å². The van der Waals surface area contributed by atoms with Crippen LogP contribution in [0.5, 0.6) is 5.75 Å². The summed E-state index contributed by atoms with van der Waals surface area (Å²) >= 11 is 7.40. The molecule has 2 heterocycles. The number of para-hydroxylation sites is 1. The van der Waals surface area contributed by atoms with E-state index in [0.29, 0.717) is 4.47 Å². The second-order valence-electron chi connectivity index (χ2n) is 4.25. The maximum absolute atomic E-state index is 5.86. The number of nitrogens with zero attached hydrogens (tertiary/aromatic N) is 2. The molecule has 0 spiro atoms. The van der Waals surface area contributed by atoms with Gasteiger partial charge in [0.1, 0.15) is 12.4 Å². The minimum Gasteiger partial charge on any atom is -0.492 e. The van der Waals surface area contributed by atoms with Crippen LogP contribution in [0.1, 0.15) is 10.4 Å². The molecule has 1 aliphatic heterocycles. The lowest BCUT2D eigenvalue weighted by molar-refractivity contribution is 0.221. The fraction of sp³-hybridized carbons (Fsp3) is 0.308. The zero-order valence-electron chi connectivity index (χ0n) is 9.80. The first-order valence-corrected chi connectivity index (χ1v) is 7.04. The molecule has 5 heteroatoms. The molecule has 0 N–H and O–H groups in total. The molecule has 0 atom stereocenters. The van der Waals surface area contributed by atoms with Gasteiger partial charge in [0, 0.05) is 36.3 Å². The van der Waals surface area contributed by atoms with Crippen molar-refractivity contribution in [2.24, 2.45) is 0 Å². The van der Waals surface area contributed by atoms with Crippen LogP contribution in [0, 0.1) is 0 Å². The lowest BCUT2D eigenvalue weighted by Gasteiger charge is -2.17. The van der Waals surface area contributed by atoms with E-state index in [-0.39, 0.29) is 0 Å². The number of halogens is 1. The summed E-state index contributed by atoms with van der Waals surface area (Å²) in [5, 5.41) is 0. The van der Waals surface area contributed by atoms with Crippen LogP contribution in [-0.4, -0.2) is 23.0 Å². The van der Waals surface area contributed by atoms with Crippen LogP contribution in [0.4, 0.5) is 0 Å². The average molecular weight is 281 g/mol. The predicted octanol–water partition coefficient (Wildman–Crippen LogP) is 3.19. The van der Waals surface area contributed by atoms with Gasteiger partial charge in [-0.3, -0.25) is 4.90 Å². The molecule has 0 amide bonds. The van der Waals surface area contributed by atoms with E-state index in [0.717, 1.165) is 32.0 Å². The van der Waals surface area contributed by atoms with Gasteiger partial charge in [-0.15, -0.1) is 11.3 Å². The number of hydrogen-bond donors (Lipinski definition) is 0. The van der Waals surface area contributed by atoms with Gasteiger partial charge in [0.2, 0.25) is 0 Å². The molecule has 18 heavy (non-hydrogen) atoms. The van der Waals surface area contributed by atoms with Gasteiger partial charge in [0.15, 0.2) is 4.47 Å². The molecule has 0 unspecified atom stereocenters. The van der Waals surface area contributed by atoms with Gasteiger partial charge in [0.05, 0.1) is 0 Å². The average Bonchev–Trinajstić information content (AvgIpc) is 2.66. The van der Waals surface area contributed by atoms with Crippen molar-refractivity contribution < 1.29 is 4.74 Å². The number of fused-ring (bicyclic) bond motifs is 1. The van der Waals surface area contributed by atoms with Crippen molar-refractivity contribution in [3.8, 4) is 5.75 Å². The lowest BCUT2D eigenvalue weighted by atomic mass is 10.2. The number of benzene rings is 1. The highest BCUT2D eigenvalue weighted by atomic mass is 35.5. The number of rotatable bonds is 2. The minimum absolute atomic E-state index is 0.608. The largest absolute Gasteiger partial charge is 0.492 e. The number of thiazole rings is 1. The molecule has 0 fully saturated rings. The van der Waals surface area contributed by atoms with Crippen molar-refractivity contribution in [1.82, 2.24) is 9.88 Å². The van der Waals surface area contributed by atoms with E-state index in [1.165, 1.54) is 10.4 Å². The van der Waals surface area contributed by atoms with E-state index in [1.807, 2.05) is 18.3 Å². The Morgan fingerprint density at radius 2 is 2.28 bits per heavy atom. The monoisotopic (exact) mass is 280 g/mol. The van der Waals surface area contributed by atoms with Crippen LogP contribution in [-0.2, 0) is 13.1 Å². The van der Waals surface area contributed by atoms with Gasteiger partial charge in [0.25, 0.3) is 0 Å². The Hall–Kier alpha value is -1.10. The normalized spacial score (nSPS) is 15.8.